The highest BCUT2D eigenvalue weighted by Gasteiger charge is 2.19. The lowest BCUT2D eigenvalue weighted by molar-refractivity contribution is -0.167. The molecule has 0 radical (unpaired) electrons. The summed E-state index contributed by atoms with van der Waals surface area (Å²) in [4.78, 5) is 38.1. The smallest absolute Gasteiger partial charge is 0.306 e. The number of hydrogen-bond donors (Lipinski definition) is 0. The fourth-order valence-corrected chi connectivity index (χ4v) is 8.70. The van der Waals surface area contributed by atoms with E-state index in [1.54, 1.807) is 0 Å². The van der Waals surface area contributed by atoms with Gasteiger partial charge in [0.05, 0.1) is 0 Å². The lowest BCUT2D eigenvalue weighted by Gasteiger charge is -2.18. The summed E-state index contributed by atoms with van der Waals surface area (Å²) in [5.41, 5.74) is 0. The van der Waals surface area contributed by atoms with Gasteiger partial charge in [0.15, 0.2) is 6.10 Å². The number of rotatable bonds is 51. The van der Waals surface area contributed by atoms with E-state index in [0.717, 1.165) is 69.6 Å². The van der Waals surface area contributed by atoms with Crippen molar-refractivity contribution in [3.8, 4) is 0 Å². The molecule has 0 unspecified atom stereocenters. The zero-order valence-corrected chi connectivity index (χ0v) is 43.2. The normalized spacial score (nSPS) is 12.0. The van der Waals surface area contributed by atoms with Gasteiger partial charge in [-0.1, -0.05) is 279 Å². The predicted molar refractivity (Wildman–Crippen MR) is 270 cm³/mol. The van der Waals surface area contributed by atoms with Crippen LogP contribution in [-0.2, 0) is 28.6 Å². The maximum Gasteiger partial charge on any atom is 0.306 e. The van der Waals surface area contributed by atoms with Crippen molar-refractivity contribution in [1.82, 2.24) is 0 Å². The van der Waals surface area contributed by atoms with Crippen LogP contribution in [-0.4, -0.2) is 37.2 Å². The third-order valence-corrected chi connectivity index (χ3v) is 13.0. The molecule has 0 aromatic heterocycles. The highest BCUT2D eigenvalue weighted by atomic mass is 16.6. The molecular formula is C57H110O6. The molecule has 0 N–H and O–H groups in total. The van der Waals surface area contributed by atoms with Crippen LogP contribution in [0.15, 0.2) is 0 Å². The van der Waals surface area contributed by atoms with Gasteiger partial charge >= 0.3 is 17.9 Å². The lowest BCUT2D eigenvalue weighted by Crippen LogP contribution is -2.30. The Bertz CT molecular complexity index is 962. The Morgan fingerprint density at radius 3 is 0.778 bits per heavy atom. The molecule has 0 bridgehead atoms. The molecule has 0 aliphatic heterocycles. The van der Waals surface area contributed by atoms with Crippen LogP contribution in [0.3, 0.4) is 0 Å². The summed E-state index contributed by atoms with van der Waals surface area (Å²) < 4.78 is 16.9. The standard InChI is InChI=1S/C57H110O6/c1-6-7-8-9-10-11-12-13-18-21-27-32-37-42-47-55(58)61-50-54(63-57(60)49-44-39-34-29-24-23-26-31-36-41-46-53(4)5)51-62-56(59)48-43-38-33-28-22-19-16-14-15-17-20-25-30-35-40-45-52(2)3/h52-54H,6-51H2,1-5H3/t54-/m1/s1. The first-order chi connectivity index (χ1) is 30.7. The number of carbonyl (C=O) groups excluding carboxylic acids is 3. The maximum absolute atomic E-state index is 12.8. The largest absolute Gasteiger partial charge is 0.462 e. The van der Waals surface area contributed by atoms with Gasteiger partial charge in [-0.3, -0.25) is 14.4 Å². The van der Waals surface area contributed by atoms with Crippen molar-refractivity contribution in [3.05, 3.63) is 0 Å². The Hall–Kier alpha value is -1.59. The molecule has 6 heteroatoms. The monoisotopic (exact) mass is 891 g/mol. The Labute approximate surface area is 393 Å². The minimum Gasteiger partial charge on any atom is -0.462 e. The van der Waals surface area contributed by atoms with Crippen LogP contribution < -0.4 is 0 Å². The van der Waals surface area contributed by atoms with Crippen LogP contribution in [0.5, 0.6) is 0 Å². The van der Waals surface area contributed by atoms with E-state index in [4.69, 9.17) is 14.2 Å². The molecule has 0 aliphatic rings. The molecule has 1 atom stereocenters. The number of hydrogen-bond acceptors (Lipinski definition) is 6. The maximum atomic E-state index is 12.8. The molecule has 0 saturated heterocycles. The van der Waals surface area contributed by atoms with Crippen molar-refractivity contribution >= 4 is 17.9 Å². The van der Waals surface area contributed by atoms with Crippen LogP contribution in [0.4, 0.5) is 0 Å². The summed E-state index contributed by atoms with van der Waals surface area (Å²) in [6.07, 6.45) is 52.3. The zero-order chi connectivity index (χ0) is 46.1. The second-order valence-electron chi connectivity index (χ2n) is 20.5. The van der Waals surface area contributed by atoms with Gasteiger partial charge < -0.3 is 14.2 Å². The van der Waals surface area contributed by atoms with Gasteiger partial charge in [0.2, 0.25) is 0 Å². The average Bonchev–Trinajstić information content (AvgIpc) is 3.25. The van der Waals surface area contributed by atoms with Gasteiger partial charge in [-0.15, -0.1) is 0 Å². The van der Waals surface area contributed by atoms with E-state index < -0.39 is 6.10 Å². The SMILES string of the molecule is CCCCCCCCCCCCCCCCC(=O)OC[C@H](COC(=O)CCCCCCCCCCCCCCCCCC(C)C)OC(=O)CCCCCCCCCCCCC(C)C. The molecule has 63 heavy (non-hydrogen) atoms. The molecule has 0 fully saturated rings. The quantitative estimate of drug-likeness (QED) is 0.0344. The Balaban J connectivity index is 4.28. The van der Waals surface area contributed by atoms with Crippen molar-refractivity contribution in [2.75, 3.05) is 13.2 Å². The van der Waals surface area contributed by atoms with Crippen LogP contribution in [0.25, 0.3) is 0 Å². The minimum atomic E-state index is -0.762. The summed E-state index contributed by atoms with van der Waals surface area (Å²) in [5, 5.41) is 0. The summed E-state index contributed by atoms with van der Waals surface area (Å²) in [5.74, 6) is 0.824. The molecular weight excluding hydrogens is 781 g/mol. The van der Waals surface area contributed by atoms with Crippen LogP contribution in [0.1, 0.15) is 317 Å². The van der Waals surface area contributed by atoms with E-state index in [0.29, 0.717) is 19.3 Å². The zero-order valence-electron chi connectivity index (χ0n) is 43.2. The second-order valence-corrected chi connectivity index (χ2v) is 20.5. The van der Waals surface area contributed by atoms with Gasteiger partial charge in [-0.2, -0.15) is 0 Å². The van der Waals surface area contributed by atoms with Crippen molar-refractivity contribution < 1.29 is 28.6 Å². The van der Waals surface area contributed by atoms with E-state index in [1.165, 1.54) is 205 Å². The molecule has 0 amide bonds. The highest BCUT2D eigenvalue weighted by molar-refractivity contribution is 5.71. The summed E-state index contributed by atoms with van der Waals surface area (Å²) in [7, 11) is 0. The minimum absolute atomic E-state index is 0.0630. The second kappa shape index (κ2) is 49.8. The Morgan fingerprint density at radius 1 is 0.302 bits per heavy atom. The topological polar surface area (TPSA) is 78.9 Å². The van der Waals surface area contributed by atoms with Crippen molar-refractivity contribution in [3.63, 3.8) is 0 Å². The van der Waals surface area contributed by atoms with Gasteiger partial charge in [0.1, 0.15) is 13.2 Å². The fourth-order valence-electron chi connectivity index (χ4n) is 8.70. The highest BCUT2D eigenvalue weighted by Crippen LogP contribution is 2.18. The lowest BCUT2D eigenvalue weighted by atomic mass is 10.0. The molecule has 0 rings (SSSR count). The molecule has 0 saturated carbocycles. The van der Waals surface area contributed by atoms with Crippen LogP contribution in [0, 0.1) is 11.8 Å². The van der Waals surface area contributed by atoms with Crippen molar-refractivity contribution in [2.24, 2.45) is 11.8 Å². The summed E-state index contributed by atoms with van der Waals surface area (Å²) >= 11 is 0. The molecule has 0 aromatic rings. The molecule has 0 spiro atoms. The fraction of sp³-hybridized carbons (Fsp3) is 0.947. The number of unbranched alkanes of at least 4 members (excludes halogenated alkanes) is 36. The number of carbonyl (C=O) groups is 3. The Kier molecular flexibility index (Phi) is 48.6. The third-order valence-electron chi connectivity index (χ3n) is 13.0. The molecule has 0 aromatic carbocycles. The van der Waals surface area contributed by atoms with Gasteiger partial charge in [-0.05, 0) is 31.1 Å². The first-order valence-electron chi connectivity index (χ1n) is 28.2. The summed E-state index contributed by atoms with van der Waals surface area (Å²) in [6.45, 7) is 11.4. The van der Waals surface area contributed by atoms with Gasteiger partial charge in [0.25, 0.3) is 0 Å². The molecule has 374 valence electrons. The van der Waals surface area contributed by atoms with Gasteiger partial charge in [-0.25, -0.2) is 0 Å². The van der Waals surface area contributed by atoms with Crippen molar-refractivity contribution in [2.45, 2.75) is 323 Å². The van der Waals surface area contributed by atoms with Gasteiger partial charge in [0, 0.05) is 19.3 Å². The molecule has 0 aliphatic carbocycles. The van der Waals surface area contributed by atoms with Crippen molar-refractivity contribution in [1.29, 1.82) is 0 Å². The van der Waals surface area contributed by atoms with Crippen LogP contribution in [0.2, 0.25) is 0 Å². The Morgan fingerprint density at radius 2 is 0.524 bits per heavy atom. The van der Waals surface area contributed by atoms with E-state index in [1.807, 2.05) is 0 Å². The van der Waals surface area contributed by atoms with E-state index in [9.17, 15) is 14.4 Å². The first-order valence-corrected chi connectivity index (χ1v) is 28.2. The molecule has 0 heterocycles. The summed E-state index contributed by atoms with van der Waals surface area (Å²) in [6, 6.07) is 0. The molecule has 6 nitrogen and oxygen atoms in total. The van der Waals surface area contributed by atoms with E-state index in [-0.39, 0.29) is 31.1 Å². The van der Waals surface area contributed by atoms with E-state index >= 15 is 0 Å². The van der Waals surface area contributed by atoms with E-state index in [2.05, 4.69) is 34.6 Å². The third kappa shape index (κ3) is 51.3. The first kappa shape index (κ1) is 61.4. The number of esters is 3. The predicted octanol–water partition coefficient (Wildman–Crippen LogP) is 18.5. The number of ether oxygens (including phenoxy) is 3. The average molecular weight is 892 g/mol. The van der Waals surface area contributed by atoms with Crippen LogP contribution >= 0.6 is 0 Å².